The highest BCUT2D eigenvalue weighted by molar-refractivity contribution is 5.46. The molecule has 0 aliphatic rings. The summed E-state index contributed by atoms with van der Waals surface area (Å²) in [5.41, 5.74) is 4.35. The number of aryl methyl sites for hydroxylation is 4. The molecule has 0 fully saturated rings. The van der Waals surface area contributed by atoms with Crippen molar-refractivity contribution in [3.8, 4) is 11.6 Å². The first-order valence-corrected chi connectivity index (χ1v) is 5.21. The Balaban J connectivity index is 2.45. The summed E-state index contributed by atoms with van der Waals surface area (Å²) in [6.07, 6.45) is 0.945. The van der Waals surface area contributed by atoms with Gasteiger partial charge in [0.2, 0.25) is 0 Å². The van der Waals surface area contributed by atoms with E-state index in [0.717, 1.165) is 40.8 Å². The fourth-order valence-electron chi connectivity index (χ4n) is 1.61. The van der Waals surface area contributed by atoms with Crippen LogP contribution in [0.4, 0.5) is 0 Å². The highest BCUT2D eigenvalue weighted by Gasteiger charge is 2.10. The van der Waals surface area contributed by atoms with E-state index in [1.54, 1.807) is 0 Å². The third-order valence-electron chi connectivity index (χ3n) is 2.67. The molecule has 0 aromatic carbocycles. The predicted octanol–water partition coefficient (Wildman–Crippen LogP) is 2.29. The van der Waals surface area contributed by atoms with Crippen LogP contribution in [0, 0.1) is 20.8 Å². The monoisotopic (exact) mass is 204 g/mol. The normalized spacial score (nSPS) is 10.9. The van der Waals surface area contributed by atoms with Gasteiger partial charge in [0, 0.05) is 11.4 Å². The van der Waals surface area contributed by atoms with Gasteiger partial charge in [-0.05, 0) is 27.2 Å². The molecule has 0 saturated heterocycles. The van der Waals surface area contributed by atoms with Gasteiger partial charge in [0.05, 0.1) is 11.4 Å². The molecule has 0 atom stereocenters. The van der Waals surface area contributed by atoms with Crippen molar-refractivity contribution in [1.82, 2.24) is 19.9 Å². The van der Waals surface area contributed by atoms with Crippen LogP contribution in [0.15, 0.2) is 0 Å². The Morgan fingerprint density at radius 1 is 0.933 bits per heavy atom. The van der Waals surface area contributed by atoms with E-state index < -0.39 is 0 Å². The Bertz CT molecular complexity index is 459. The molecule has 15 heavy (non-hydrogen) atoms. The van der Waals surface area contributed by atoms with Gasteiger partial charge in [0.1, 0.15) is 0 Å². The first kappa shape index (κ1) is 9.96. The minimum absolute atomic E-state index is 0.827. The van der Waals surface area contributed by atoms with Gasteiger partial charge < -0.3 is 9.97 Å². The van der Waals surface area contributed by atoms with Gasteiger partial charge in [-0.2, -0.15) is 0 Å². The first-order chi connectivity index (χ1) is 7.11. The number of nitrogens with zero attached hydrogens (tertiary/aromatic N) is 2. The van der Waals surface area contributed by atoms with Gasteiger partial charge in [-0.15, -0.1) is 0 Å². The van der Waals surface area contributed by atoms with E-state index in [1.165, 1.54) is 0 Å². The van der Waals surface area contributed by atoms with Crippen molar-refractivity contribution in [1.29, 1.82) is 0 Å². The fraction of sp³-hybridized carbons (Fsp3) is 0.455. The molecule has 0 bridgehead atoms. The van der Waals surface area contributed by atoms with Crippen molar-refractivity contribution in [2.75, 3.05) is 0 Å². The van der Waals surface area contributed by atoms with E-state index in [2.05, 4.69) is 26.9 Å². The Kier molecular flexibility index (Phi) is 2.34. The zero-order valence-corrected chi connectivity index (χ0v) is 9.60. The quantitative estimate of drug-likeness (QED) is 0.788. The van der Waals surface area contributed by atoms with Crippen molar-refractivity contribution in [2.45, 2.75) is 34.1 Å². The largest absolute Gasteiger partial charge is 0.339 e. The summed E-state index contributed by atoms with van der Waals surface area (Å²) in [7, 11) is 0. The van der Waals surface area contributed by atoms with Crippen LogP contribution >= 0.6 is 0 Å². The molecule has 0 saturated carbocycles. The van der Waals surface area contributed by atoms with Crippen LogP contribution in [0.1, 0.15) is 29.7 Å². The molecular weight excluding hydrogens is 188 g/mol. The molecule has 4 heteroatoms. The summed E-state index contributed by atoms with van der Waals surface area (Å²) >= 11 is 0. The topological polar surface area (TPSA) is 57.4 Å². The molecule has 0 aliphatic heterocycles. The summed E-state index contributed by atoms with van der Waals surface area (Å²) in [6, 6.07) is 0. The molecule has 0 aliphatic carbocycles. The molecule has 0 spiro atoms. The van der Waals surface area contributed by atoms with E-state index in [1.807, 2.05) is 20.8 Å². The van der Waals surface area contributed by atoms with E-state index in [9.17, 15) is 0 Å². The van der Waals surface area contributed by atoms with Crippen LogP contribution in [-0.2, 0) is 6.42 Å². The SMILES string of the molecule is CCc1nc(-c2nc(C)c(C)[nH]2)[nH]c1C. The van der Waals surface area contributed by atoms with Crippen LogP contribution in [0.25, 0.3) is 11.6 Å². The van der Waals surface area contributed by atoms with E-state index in [-0.39, 0.29) is 0 Å². The minimum atomic E-state index is 0.827. The molecule has 80 valence electrons. The molecule has 2 heterocycles. The zero-order valence-electron chi connectivity index (χ0n) is 9.60. The molecule has 4 nitrogen and oxygen atoms in total. The van der Waals surface area contributed by atoms with Gasteiger partial charge in [-0.1, -0.05) is 6.92 Å². The number of aromatic nitrogens is 4. The number of nitrogens with one attached hydrogen (secondary N) is 2. The molecule has 0 radical (unpaired) electrons. The number of hydrogen-bond acceptors (Lipinski definition) is 2. The van der Waals surface area contributed by atoms with Crippen LogP contribution in [-0.4, -0.2) is 19.9 Å². The molecular formula is C11H16N4. The summed E-state index contributed by atoms with van der Waals surface area (Å²) in [6.45, 7) is 8.15. The van der Waals surface area contributed by atoms with E-state index in [4.69, 9.17) is 0 Å². The lowest BCUT2D eigenvalue weighted by Crippen LogP contribution is -1.84. The van der Waals surface area contributed by atoms with E-state index in [0.29, 0.717) is 0 Å². The zero-order chi connectivity index (χ0) is 11.0. The van der Waals surface area contributed by atoms with Crippen molar-refractivity contribution < 1.29 is 0 Å². The Morgan fingerprint density at radius 3 is 2.00 bits per heavy atom. The highest BCUT2D eigenvalue weighted by atomic mass is 15.0. The lowest BCUT2D eigenvalue weighted by molar-refractivity contribution is 1.04. The Morgan fingerprint density at radius 2 is 1.53 bits per heavy atom. The lowest BCUT2D eigenvalue weighted by atomic mass is 10.3. The maximum atomic E-state index is 4.50. The van der Waals surface area contributed by atoms with Gasteiger partial charge in [0.15, 0.2) is 11.6 Å². The maximum Gasteiger partial charge on any atom is 0.174 e. The fourth-order valence-corrected chi connectivity index (χ4v) is 1.61. The van der Waals surface area contributed by atoms with Gasteiger partial charge in [-0.25, -0.2) is 9.97 Å². The number of imidazole rings is 2. The summed E-state index contributed by atoms with van der Waals surface area (Å²) in [5.74, 6) is 1.66. The summed E-state index contributed by atoms with van der Waals surface area (Å²) < 4.78 is 0. The smallest absolute Gasteiger partial charge is 0.174 e. The highest BCUT2D eigenvalue weighted by Crippen LogP contribution is 2.16. The average Bonchev–Trinajstić information content (AvgIpc) is 2.71. The third-order valence-corrected chi connectivity index (χ3v) is 2.67. The predicted molar refractivity (Wildman–Crippen MR) is 59.8 cm³/mol. The molecule has 2 rings (SSSR count). The van der Waals surface area contributed by atoms with Gasteiger partial charge in [0.25, 0.3) is 0 Å². The van der Waals surface area contributed by atoms with Crippen molar-refractivity contribution in [3.05, 3.63) is 22.8 Å². The summed E-state index contributed by atoms with van der Waals surface area (Å²) in [4.78, 5) is 15.4. The second-order valence-electron chi connectivity index (χ2n) is 3.81. The van der Waals surface area contributed by atoms with Gasteiger partial charge in [-0.3, -0.25) is 0 Å². The average molecular weight is 204 g/mol. The number of aromatic amines is 2. The summed E-state index contributed by atoms with van der Waals surface area (Å²) in [5, 5.41) is 0. The maximum absolute atomic E-state index is 4.50. The van der Waals surface area contributed by atoms with Crippen LogP contribution in [0.2, 0.25) is 0 Å². The molecule has 0 unspecified atom stereocenters. The second kappa shape index (κ2) is 3.53. The third kappa shape index (κ3) is 1.67. The second-order valence-corrected chi connectivity index (χ2v) is 3.81. The lowest BCUT2D eigenvalue weighted by Gasteiger charge is -1.87. The minimum Gasteiger partial charge on any atom is -0.339 e. The number of hydrogen-bond donors (Lipinski definition) is 2. The van der Waals surface area contributed by atoms with Crippen LogP contribution < -0.4 is 0 Å². The number of rotatable bonds is 2. The molecule has 2 aromatic heterocycles. The molecule has 0 amide bonds. The van der Waals surface area contributed by atoms with Crippen molar-refractivity contribution in [2.24, 2.45) is 0 Å². The Labute approximate surface area is 89.2 Å². The van der Waals surface area contributed by atoms with E-state index >= 15 is 0 Å². The van der Waals surface area contributed by atoms with Crippen molar-refractivity contribution in [3.63, 3.8) is 0 Å². The van der Waals surface area contributed by atoms with Crippen molar-refractivity contribution >= 4 is 0 Å². The Hall–Kier alpha value is -1.58. The first-order valence-electron chi connectivity index (χ1n) is 5.21. The number of H-pyrrole nitrogens is 2. The molecule has 2 N–H and O–H groups in total. The molecule has 2 aromatic rings. The van der Waals surface area contributed by atoms with Crippen LogP contribution in [0.5, 0.6) is 0 Å². The van der Waals surface area contributed by atoms with Gasteiger partial charge >= 0.3 is 0 Å². The standard InChI is InChI=1S/C11H16N4/c1-5-9-8(4)14-11(15-9)10-12-6(2)7(3)13-10/h5H2,1-4H3,(H,12,13)(H,14,15). The van der Waals surface area contributed by atoms with Crippen LogP contribution in [0.3, 0.4) is 0 Å².